The van der Waals surface area contributed by atoms with Crippen molar-refractivity contribution in [1.29, 1.82) is 0 Å². The van der Waals surface area contributed by atoms with E-state index < -0.39 is 10.8 Å². The number of nitro groups is 1. The monoisotopic (exact) mass is 388 g/mol. The van der Waals surface area contributed by atoms with E-state index in [1.165, 1.54) is 23.5 Å². The lowest BCUT2D eigenvalue weighted by atomic mass is 10.2. The Morgan fingerprint density at radius 2 is 1.88 bits per heavy atom. The highest BCUT2D eigenvalue weighted by molar-refractivity contribution is 7.17. The third-order valence-corrected chi connectivity index (χ3v) is 4.96. The van der Waals surface area contributed by atoms with Gasteiger partial charge in [-0.05, 0) is 25.1 Å². The van der Waals surface area contributed by atoms with Crippen LogP contribution in [-0.2, 0) is 0 Å². The first-order valence-electron chi connectivity index (χ1n) is 7.49. The SMILES string of the molecule is Cc1nc(-c2ccc(Cl)cc2)sc1C(=O)NNc1ccccc1[N+](=O)[O-]. The molecule has 1 heterocycles. The van der Waals surface area contributed by atoms with Gasteiger partial charge in [-0.15, -0.1) is 11.3 Å². The number of rotatable bonds is 5. The molecule has 2 aromatic carbocycles. The molecule has 132 valence electrons. The van der Waals surface area contributed by atoms with Crippen molar-refractivity contribution >= 4 is 40.2 Å². The summed E-state index contributed by atoms with van der Waals surface area (Å²) in [7, 11) is 0. The largest absolute Gasteiger partial charge is 0.294 e. The van der Waals surface area contributed by atoms with E-state index in [4.69, 9.17) is 11.6 Å². The second-order valence-electron chi connectivity index (χ2n) is 5.29. The van der Waals surface area contributed by atoms with E-state index in [2.05, 4.69) is 15.8 Å². The predicted octanol–water partition coefficient (Wildman–Crippen LogP) is 4.44. The number of hydrogen-bond acceptors (Lipinski definition) is 6. The topological polar surface area (TPSA) is 97.2 Å². The molecule has 0 spiro atoms. The third kappa shape index (κ3) is 3.81. The summed E-state index contributed by atoms with van der Waals surface area (Å²) in [5, 5.41) is 12.3. The second kappa shape index (κ2) is 7.51. The van der Waals surface area contributed by atoms with Crippen LogP contribution in [-0.4, -0.2) is 15.8 Å². The number of benzene rings is 2. The van der Waals surface area contributed by atoms with Gasteiger partial charge in [0.2, 0.25) is 0 Å². The first-order chi connectivity index (χ1) is 12.5. The zero-order valence-electron chi connectivity index (χ0n) is 13.5. The Hall–Kier alpha value is -2.97. The Kier molecular flexibility index (Phi) is 5.15. The van der Waals surface area contributed by atoms with Crippen molar-refractivity contribution < 1.29 is 9.72 Å². The van der Waals surface area contributed by atoms with Crippen LogP contribution < -0.4 is 10.9 Å². The molecule has 0 bridgehead atoms. The van der Waals surface area contributed by atoms with Crippen molar-refractivity contribution in [2.75, 3.05) is 5.43 Å². The first kappa shape index (κ1) is 17.8. The Morgan fingerprint density at radius 3 is 2.58 bits per heavy atom. The van der Waals surface area contributed by atoms with Gasteiger partial charge in [-0.3, -0.25) is 25.8 Å². The number of carbonyl (C=O) groups excluding carboxylic acids is 1. The Balaban J connectivity index is 1.77. The number of nitrogens with zero attached hydrogens (tertiary/aromatic N) is 2. The van der Waals surface area contributed by atoms with Crippen LogP contribution in [0.25, 0.3) is 10.6 Å². The van der Waals surface area contributed by atoms with Crippen molar-refractivity contribution in [2.24, 2.45) is 0 Å². The number of para-hydroxylation sites is 2. The number of nitro benzene ring substituents is 1. The van der Waals surface area contributed by atoms with Gasteiger partial charge in [0, 0.05) is 16.7 Å². The van der Waals surface area contributed by atoms with Gasteiger partial charge in [0.05, 0.1) is 10.6 Å². The summed E-state index contributed by atoms with van der Waals surface area (Å²) in [5.74, 6) is -0.418. The van der Waals surface area contributed by atoms with E-state index in [0.29, 0.717) is 20.6 Å². The fraction of sp³-hybridized carbons (Fsp3) is 0.0588. The molecule has 7 nitrogen and oxygen atoms in total. The van der Waals surface area contributed by atoms with Crippen LogP contribution in [0.4, 0.5) is 11.4 Å². The van der Waals surface area contributed by atoms with Gasteiger partial charge in [0.25, 0.3) is 11.6 Å². The van der Waals surface area contributed by atoms with E-state index in [9.17, 15) is 14.9 Å². The molecule has 0 atom stereocenters. The molecule has 0 fully saturated rings. The minimum Gasteiger partial charge on any atom is -0.292 e. The number of hydrogen-bond donors (Lipinski definition) is 2. The number of amides is 1. The molecule has 1 aromatic heterocycles. The fourth-order valence-corrected chi connectivity index (χ4v) is 3.34. The number of aryl methyl sites for hydroxylation is 1. The molecule has 3 aromatic rings. The minimum absolute atomic E-state index is 0.129. The zero-order chi connectivity index (χ0) is 18.7. The maximum absolute atomic E-state index is 12.4. The first-order valence-corrected chi connectivity index (χ1v) is 8.68. The lowest BCUT2D eigenvalue weighted by Crippen LogP contribution is -2.29. The average molecular weight is 389 g/mol. The van der Waals surface area contributed by atoms with Gasteiger partial charge < -0.3 is 0 Å². The highest BCUT2D eigenvalue weighted by atomic mass is 35.5. The number of aromatic nitrogens is 1. The molecule has 0 aliphatic heterocycles. The molecule has 9 heteroatoms. The van der Waals surface area contributed by atoms with Crippen LogP contribution in [0.5, 0.6) is 0 Å². The van der Waals surface area contributed by atoms with Crippen molar-refractivity contribution in [3.8, 4) is 10.6 Å². The second-order valence-corrected chi connectivity index (χ2v) is 6.73. The molecule has 0 unspecified atom stereocenters. The molecular formula is C17H13ClN4O3S. The van der Waals surface area contributed by atoms with Crippen LogP contribution >= 0.6 is 22.9 Å². The molecular weight excluding hydrogens is 376 g/mol. The number of halogens is 1. The molecule has 0 aliphatic rings. The predicted molar refractivity (Wildman–Crippen MR) is 101 cm³/mol. The normalized spacial score (nSPS) is 10.4. The summed E-state index contributed by atoms with van der Waals surface area (Å²) >= 11 is 7.12. The fourth-order valence-electron chi connectivity index (χ4n) is 2.24. The maximum Gasteiger partial charge on any atom is 0.294 e. The molecule has 2 N–H and O–H groups in total. The molecule has 3 rings (SSSR count). The van der Waals surface area contributed by atoms with Gasteiger partial charge in [-0.1, -0.05) is 35.9 Å². The van der Waals surface area contributed by atoms with Gasteiger partial charge in [0.1, 0.15) is 15.6 Å². The molecule has 1 amide bonds. The molecule has 0 saturated carbocycles. The van der Waals surface area contributed by atoms with Crippen LogP contribution in [0.1, 0.15) is 15.4 Å². The van der Waals surface area contributed by atoms with E-state index >= 15 is 0 Å². The van der Waals surface area contributed by atoms with Crippen LogP contribution in [0.15, 0.2) is 48.5 Å². The van der Waals surface area contributed by atoms with E-state index in [0.717, 1.165) is 5.56 Å². The smallest absolute Gasteiger partial charge is 0.292 e. The number of nitrogens with one attached hydrogen (secondary N) is 2. The van der Waals surface area contributed by atoms with Gasteiger partial charge in [0.15, 0.2) is 0 Å². The summed E-state index contributed by atoms with van der Waals surface area (Å²) in [5.41, 5.74) is 6.57. The van der Waals surface area contributed by atoms with Crippen LogP contribution in [0, 0.1) is 17.0 Å². The third-order valence-electron chi connectivity index (χ3n) is 3.51. The maximum atomic E-state index is 12.4. The number of carbonyl (C=O) groups is 1. The van der Waals surface area contributed by atoms with E-state index in [1.807, 2.05) is 12.1 Å². The summed E-state index contributed by atoms with van der Waals surface area (Å²) in [6.07, 6.45) is 0. The number of anilines is 1. The summed E-state index contributed by atoms with van der Waals surface area (Å²) in [4.78, 5) is 27.7. The molecule has 0 aliphatic carbocycles. The lowest BCUT2D eigenvalue weighted by Gasteiger charge is -2.07. The summed E-state index contributed by atoms with van der Waals surface area (Å²) in [6, 6.07) is 13.2. The van der Waals surface area contributed by atoms with Crippen molar-refractivity contribution in [3.63, 3.8) is 0 Å². The highest BCUT2D eigenvalue weighted by Gasteiger charge is 2.18. The lowest BCUT2D eigenvalue weighted by molar-refractivity contribution is -0.384. The molecule has 0 saturated heterocycles. The Bertz CT molecular complexity index is 972. The number of thiazole rings is 1. The summed E-state index contributed by atoms with van der Waals surface area (Å²) < 4.78 is 0. The Morgan fingerprint density at radius 1 is 1.19 bits per heavy atom. The zero-order valence-corrected chi connectivity index (χ0v) is 15.1. The van der Waals surface area contributed by atoms with Gasteiger partial charge >= 0.3 is 0 Å². The minimum atomic E-state index is -0.523. The number of hydrazine groups is 1. The highest BCUT2D eigenvalue weighted by Crippen LogP contribution is 2.29. The standard InChI is InChI=1S/C17H13ClN4O3S/c1-10-15(26-17(19-10)11-6-8-12(18)9-7-11)16(23)21-20-13-4-2-3-5-14(13)22(24)25/h2-9,20H,1H3,(H,21,23). The molecule has 0 radical (unpaired) electrons. The van der Waals surface area contributed by atoms with Gasteiger partial charge in [-0.25, -0.2) is 4.98 Å². The van der Waals surface area contributed by atoms with Crippen molar-refractivity contribution in [3.05, 3.63) is 74.2 Å². The van der Waals surface area contributed by atoms with Crippen LogP contribution in [0.2, 0.25) is 5.02 Å². The van der Waals surface area contributed by atoms with Crippen molar-refractivity contribution in [1.82, 2.24) is 10.4 Å². The van der Waals surface area contributed by atoms with Crippen LogP contribution in [0.3, 0.4) is 0 Å². The molecule has 26 heavy (non-hydrogen) atoms. The summed E-state index contributed by atoms with van der Waals surface area (Å²) in [6.45, 7) is 1.73. The van der Waals surface area contributed by atoms with E-state index in [-0.39, 0.29) is 11.4 Å². The van der Waals surface area contributed by atoms with E-state index in [1.54, 1.807) is 31.2 Å². The average Bonchev–Trinajstić information content (AvgIpc) is 3.02. The van der Waals surface area contributed by atoms with Gasteiger partial charge in [-0.2, -0.15) is 0 Å². The van der Waals surface area contributed by atoms with Crippen molar-refractivity contribution in [2.45, 2.75) is 6.92 Å². The quantitative estimate of drug-likeness (QED) is 0.497. The Labute approximate surface area is 157 Å².